The van der Waals surface area contributed by atoms with Gasteiger partial charge in [-0.15, -0.1) is 0 Å². The van der Waals surface area contributed by atoms with E-state index in [1.54, 1.807) is 4.90 Å². The molecule has 1 aliphatic heterocycles. The highest BCUT2D eigenvalue weighted by molar-refractivity contribution is 5.97. The Labute approximate surface area is 112 Å². The summed E-state index contributed by atoms with van der Waals surface area (Å²) in [5, 5.41) is 2.53. The molecule has 19 heavy (non-hydrogen) atoms. The van der Waals surface area contributed by atoms with Crippen molar-refractivity contribution in [1.82, 2.24) is 5.32 Å². The maximum Gasteiger partial charge on any atom is 0.246 e. The van der Waals surface area contributed by atoms with E-state index in [0.29, 0.717) is 6.54 Å². The Morgan fingerprint density at radius 1 is 1.26 bits per heavy atom. The predicted molar refractivity (Wildman–Crippen MR) is 73.8 cm³/mol. The van der Waals surface area contributed by atoms with Crippen molar-refractivity contribution in [3.05, 3.63) is 29.8 Å². The minimum absolute atomic E-state index is 0.00433. The molecule has 0 bridgehead atoms. The SMILES string of the molecule is NCC(=O)NCC(=O)N1CCCCc2ccccc21. The first kappa shape index (κ1) is 13.5. The summed E-state index contributed by atoms with van der Waals surface area (Å²) in [5.74, 6) is -0.396. The van der Waals surface area contributed by atoms with E-state index in [0.717, 1.165) is 24.9 Å². The number of aryl methyl sites for hydroxylation is 1. The smallest absolute Gasteiger partial charge is 0.246 e. The summed E-state index contributed by atoms with van der Waals surface area (Å²) in [6, 6.07) is 7.94. The van der Waals surface area contributed by atoms with Crippen molar-refractivity contribution in [1.29, 1.82) is 0 Å². The second-order valence-corrected chi connectivity index (χ2v) is 4.61. The van der Waals surface area contributed by atoms with Gasteiger partial charge in [0, 0.05) is 12.2 Å². The molecule has 0 aliphatic carbocycles. The lowest BCUT2D eigenvalue weighted by Crippen LogP contribution is -2.42. The molecular weight excluding hydrogens is 242 g/mol. The van der Waals surface area contributed by atoms with Crippen LogP contribution < -0.4 is 16.0 Å². The molecule has 2 amide bonds. The molecule has 0 fully saturated rings. The highest BCUT2D eigenvalue weighted by Crippen LogP contribution is 2.25. The molecule has 1 heterocycles. The number of fused-ring (bicyclic) bond motifs is 1. The molecule has 2 rings (SSSR count). The first-order chi connectivity index (χ1) is 9.22. The zero-order valence-corrected chi connectivity index (χ0v) is 10.9. The fourth-order valence-electron chi connectivity index (χ4n) is 2.29. The van der Waals surface area contributed by atoms with Gasteiger partial charge in [0.15, 0.2) is 0 Å². The van der Waals surface area contributed by atoms with Crippen molar-refractivity contribution in [2.75, 3.05) is 24.5 Å². The monoisotopic (exact) mass is 261 g/mol. The van der Waals surface area contributed by atoms with Crippen molar-refractivity contribution in [2.45, 2.75) is 19.3 Å². The zero-order valence-electron chi connectivity index (χ0n) is 10.9. The molecular formula is C14H19N3O2. The number of nitrogens with zero attached hydrogens (tertiary/aromatic N) is 1. The second-order valence-electron chi connectivity index (χ2n) is 4.61. The van der Waals surface area contributed by atoms with E-state index in [9.17, 15) is 9.59 Å². The molecule has 0 aromatic heterocycles. The van der Waals surface area contributed by atoms with Crippen LogP contribution in [0.15, 0.2) is 24.3 Å². The van der Waals surface area contributed by atoms with Crippen molar-refractivity contribution < 1.29 is 9.59 Å². The highest BCUT2D eigenvalue weighted by atomic mass is 16.2. The van der Waals surface area contributed by atoms with E-state index >= 15 is 0 Å². The minimum Gasteiger partial charge on any atom is -0.346 e. The molecule has 5 nitrogen and oxygen atoms in total. The average Bonchev–Trinajstić information content (AvgIpc) is 2.66. The standard InChI is InChI=1S/C14H19N3O2/c15-9-13(18)16-10-14(19)17-8-4-3-6-11-5-1-2-7-12(11)17/h1-2,5,7H,3-4,6,8-10,15H2,(H,16,18). The minimum atomic E-state index is -0.309. The number of nitrogens with one attached hydrogen (secondary N) is 1. The Balaban J connectivity index is 2.10. The number of benzene rings is 1. The van der Waals surface area contributed by atoms with Gasteiger partial charge in [0.25, 0.3) is 0 Å². The van der Waals surface area contributed by atoms with Crippen molar-refractivity contribution in [2.24, 2.45) is 5.73 Å². The number of nitrogens with two attached hydrogens (primary N) is 1. The van der Waals surface area contributed by atoms with Gasteiger partial charge in [0.1, 0.15) is 0 Å². The first-order valence-electron chi connectivity index (χ1n) is 6.57. The van der Waals surface area contributed by atoms with Gasteiger partial charge in [-0.1, -0.05) is 18.2 Å². The van der Waals surface area contributed by atoms with Crippen LogP contribution in [0.5, 0.6) is 0 Å². The molecule has 5 heteroatoms. The molecule has 0 saturated carbocycles. The van der Waals surface area contributed by atoms with Crippen molar-refractivity contribution >= 4 is 17.5 Å². The van der Waals surface area contributed by atoms with Crippen LogP contribution in [0.25, 0.3) is 0 Å². The number of carbonyl (C=O) groups is 2. The van der Waals surface area contributed by atoms with Crippen LogP contribution in [-0.2, 0) is 16.0 Å². The summed E-state index contributed by atoms with van der Waals surface area (Å²) >= 11 is 0. The Morgan fingerprint density at radius 2 is 2.05 bits per heavy atom. The molecule has 0 spiro atoms. The van der Waals surface area contributed by atoms with Crippen LogP contribution in [0.1, 0.15) is 18.4 Å². The fourth-order valence-corrected chi connectivity index (χ4v) is 2.29. The number of para-hydroxylation sites is 1. The molecule has 0 unspecified atom stereocenters. The van der Waals surface area contributed by atoms with Crippen LogP contribution >= 0.6 is 0 Å². The van der Waals surface area contributed by atoms with Crippen molar-refractivity contribution in [3.8, 4) is 0 Å². The largest absolute Gasteiger partial charge is 0.346 e. The van der Waals surface area contributed by atoms with Gasteiger partial charge in [-0.25, -0.2) is 0 Å². The molecule has 0 saturated heterocycles. The van der Waals surface area contributed by atoms with Gasteiger partial charge in [-0.3, -0.25) is 9.59 Å². The third kappa shape index (κ3) is 3.32. The number of amides is 2. The van der Waals surface area contributed by atoms with E-state index in [2.05, 4.69) is 11.4 Å². The number of hydrogen-bond donors (Lipinski definition) is 2. The Kier molecular flexibility index (Phi) is 4.52. The van der Waals surface area contributed by atoms with Gasteiger partial charge < -0.3 is 16.0 Å². The summed E-state index contributed by atoms with van der Waals surface area (Å²) in [6.45, 7) is 0.614. The van der Waals surface area contributed by atoms with E-state index in [4.69, 9.17) is 5.73 Å². The Bertz CT molecular complexity index is 474. The summed E-state index contributed by atoms with van der Waals surface area (Å²) in [7, 11) is 0. The van der Waals surface area contributed by atoms with Crippen molar-refractivity contribution in [3.63, 3.8) is 0 Å². The van der Waals surface area contributed by atoms with Gasteiger partial charge >= 0.3 is 0 Å². The molecule has 0 atom stereocenters. The summed E-state index contributed by atoms with van der Waals surface area (Å²) < 4.78 is 0. The number of carbonyl (C=O) groups excluding carboxylic acids is 2. The molecule has 1 aromatic rings. The average molecular weight is 261 g/mol. The predicted octanol–water partition coefficient (Wildman–Crippen LogP) is 0.431. The third-order valence-electron chi connectivity index (χ3n) is 3.28. The lowest BCUT2D eigenvalue weighted by Gasteiger charge is -2.23. The van der Waals surface area contributed by atoms with Crippen LogP contribution in [0, 0.1) is 0 Å². The zero-order chi connectivity index (χ0) is 13.7. The van der Waals surface area contributed by atoms with Crippen LogP contribution in [0.4, 0.5) is 5.69 Å². The van der Waals surface area contributed by atoms with Crippen LogP contribution in [-0.4, -0.2) is 31.4 Å². The van der Waals surface area contributed by atoms with Crippen LogP contribution in [0.2, 0.25) is 0 Å². The first-order valence-corrected chi connectivity index (χ1v) is 6.57. The molecule has 1 aromatic carbocycles. The van der Waals surface area contributed by atoms with E-state index in [-0.39, 0.29) is 24.9 Å². The molecule has 0 radical (unpaired) electrons. The number of rotatable bonds is 3. The third-order valence-corrected chi connectivity index (χ3v) is 3.28. The summed E-state index contributed by atoms with van der Waals surface area (Å²) in [6.07, 6.45) is 3.05. The Hall–Kier alpha value is -1.88. The van der Waals surface area contributed by atoms with E-state index in [1.165, 1.54) is 5.56 Å². The number of hydrogen-bond acceptors (Lipinski definition) is 3. The summed E-state index contributed by atoms with van der Waals surface area (Å²) in [4.78, 5) is 25.1. The quantitative estimate of drug-likeness (QED) is 0.828. The Morgan fingerprint density at radius 3 is 2.84 bits per heavy atom. The van der Waals surface area contributed by atoms with E-state index in [1.807, 2.05) is 18.2 Å². The van der Waals surface area contributed by atoms with Gasteiger partial charge in [-0.05, 0) is 30.9 Å². The molecule has 102 valence electrons. The molecule has 1 aliphatic rings. The van der Waals surface area contributed by atoms with Crippen LogP contribution in [0.3, 0.4) is 0 Å². The second kappa shape index (κ2) is 6.33. The molecule has 3 N–H and O–H groups in total. The normalized spacial score (nSPS) is 14.5. The maximum absolute atomic E-state index is 12.2. The number of anilines is 1. The van der Waals surface area contributed by atoms with Gasteiger partial charge in [0.05, 0.1) is 13.1 Å². The van der Waals surface area contributed by atoms with E-state index < -0.39 is 0 Å². The highest BCUT2D eigenvalue weighted by Gasteiger charge is 2.20. The fraction of sp³-hybridized carbons (Fsp3) is 0.429. The topological polar surface area (TPSA) is 75.4 Å². The lowest BCUT2D eigenvalue weighted by molar-refractivity contribution is -0.124. The lowest BCUT2D eigenvalue weighted by atomic mass is 10.1. The maximum atomic E-state index is 12.2. The summed E-state index contributed by atoms with van der Waals surface area (Å²) in [5.41, 5.74) is 7.36. The van der Waals surface area contributed by atoms with Gasteiger partial charge in [-0.2, -0.15) is 0 Å². The van der Waals surface area contributed by atoms with Gasteiger partial charge in [0.2, 0.25) is 11.8 Å².